The highest BCUT2D eigenvalue weighted by Gasteiger charge is 2.35. The monoisotopic (exact) mass is 681 g/mol. The zero-order chi connectivity index (χ0) is 33.3. The highest BCUT2D eigenvalue weighted by molar-refractivity contribution is 7.92. The fraction of sp³-hybridized carbons (Fsp3) is 0.257. The smallest absolute Gasteiger partial charge is 0.264 e. The summed E-state index contributed by atoms with van der Waals surface area (Å²) in [5, 5.41) is 3.75. The van der Waals surface area contributed by atoms with Crippen molar-refractivity contribution in [2.75, 3.05) is 18.0 Å². The van der Waals surface area contributed by atoms with E-state index in [9.17, 15) is 18.0 Å². The van der Waals surface area contributed by atoms with Gasteiger partial charge in [0.15, 0.2) is 0 Å². The predicted octanol–water partition coefficient (Wildman–Crippen LogP) is 6.75. The fourth-order valence-electron chi connectivity index (χ4n) is 4.83. The summed E-state index contributed by atoms with van der Waals surface area (Å²) in [5.41, 5.74) is 1.64. The summed E-state index contributed by atoms with van der Waals surface area (Å²) >= 11 is 12.7. The topological polar surface area (TPSA) is 96.0 Å². The number of nitrogens with one attached hydrogen (secondary N) is 1. The number of anilines is 1. The van der Waals surface area contributed by atoms with Gasteiger partial charge in [0.25, 0.3) is 10.0 Å². The Labute approximate surface area is 280 Å². The molecule has 0 saturated heterocycles. The van der Waals surface area contributed by atoms with E-state index >= 15 is 0 Å². The maximum atomic E-state index is 14.5. The minimum Gasteiger partial charge on any atom is -0.497 e. The Morgan fingerprint density at radius 1 is 0.891 bits per heavy atom. The first kappa shape index (κ1) is 34.8. The largest absolute Gasteiger partial charge is 0.497 e. The third-order valence-corrected chi connectivity index (χ3v) is 9.97. The lowest BCUT2D eigenvalue weighted by Crippen LogP contribution is -2.54. The molecule has 4 aromatic carbocycles. The quantitative estimate of drug-likeness (QED) is 0.159. The van der Waals surface area contributed by atoms with Crippen molar-refractivity contribution in [1.29, 1.82) is 0 Å². The van der Waals surface area contributed by atoms with Gasteiger partial charge in [-0.3, -0.25) is 13.9 Å². The van der Waals surface area contributed by atoms with Crippen LogP contribution in [0.15, 0.2) is 108 Å². The summed E-state index contributed by atoms with van der Waals surface area (Å²) in [7, 11) is -2.71. The molecule has 242 valence electrons. The molecule has 46 heavy (non-hydrogen) atoms. The molecule has 0 bridgehead atoms. The van der Waals surface area contributed by atoms with Crippen molar-refractivity contribution in [3.63, 3.8) is 0 Å². The molecule has 0 saturated carbocycles. The van der Waals surface area contributed by atoms with Crippen molar-refractivity contribution in [3.8, 4) is 5.75 Å². The summed E-state index contributed by atoms with van der Waals surface area (Å²) in [6.07, 6.45) is 0.870. The SMILES string of the molecule is CC[C@H](C)NC(=O)[C@H](Cc1ccccc1)N(Cc1ccc(Cl)cc1Cl)C(=O)CN(c1ccc(OC)cc1)S(=O)(=O)c1ccccc1. The van der Waals surface area contributed by atoms with Gasteiger partial charge < -0.3 is 15.0 Å². The van der Waals surface area contributed by atoms with Gasteiger partial charge in [0.05, 0.1) is 17.7 Å². The number of hydrogen-bond acceptors (Lipinski definition) is 5. The van der Waals surface area contributed by atoms with E-state index in [1.165, 1.54) is 24.1 Å². The summed E-state index contributed by atoms with van der Waals surface area (Å²) in [4.78, 5) is 29.9. The van der Waals surface area contributed by atoms with E-state index in [0.29, 0.717) is 27.8 Å². The first-order valence-electron chi connectivity index (χ1n) is 14.8. The zero-order valence-electron chi connectivity index (χ0n) is 25.9. The lowest BCUT2D eigenvalue weighted by molar-refractivity contribution is -0.140. The van der Waals surface area contributed by atoms with Crippen LogP contribution in [0.2, 0.25) is 10.0 Å². The Morgan fingerprint density at radius 2 is 1.52 bits per heavy atom. The van der Waals surface area contributed by atoms with Gasteiger partial charge in [-0.1, -0.05) is 84.7 Å². The molecule has 0 aliphatic rings. The van der Waals surface area contributed by atoms with Gasteiger partial charge in [-0.25, -0.2) is 8.42 Å². The van der Waals surface area contributed by atoms with E-state index in [-0.39, 0.29) is 35.5 Å². The maximum absolute atomic E-state index is 14.5. The van der Waals surface area contributed by atoms with Gasteiger partial charge in [-0.15, -0.1) is 0 Å². The average molecular weight is 683 g/mol. The Kier molecular flexibility index (Phi) is 12.1. The molecule has 2 atom stereocenters. The minimum atomic E-state index is -4.22. The second-order valence-electron chi connectivity index (χ2n) is 10.8. The van der Waals surface area contributed by atoms with Crippen LogP contribution in [-0.4, -0.2) is 50.9 Å². The van der Waals surface area contributed by atoms with Gasteiger partial charge >= 0.3 is 0 Å². The van der Waals surface area contributed by atoms with Crippen LogP contribution in [0.3, 0.4) is 0 Å². The molecule has 4 aromatic rings. The second-order valence-corrected chi connectivity index (χ2v) is 13.5. The van der Waals surface area contributed by atoms with E-state index in [4.69, 9.17) is 27.9 Å². The van der Waals surface area contributed by atoms with Crippen molar-refractivity contribution < 1.29 is 22.7 Å². The van der Waals surface area contributed by atoms with Crippen molar-refractivity contribution >= 4 is 50.7 Å². The number of carbonyl (C=O) groups excluding carboxylic acids is 2. The highest BCUT2D eigenvalue weighted by Crippen LogP contribution is 2.28. The fourth-order valence-corrected chi connectivity index (χ4v) is 6.73. The molecule has 4 rings (SSSR count). The van der Waals surface area contributed by atoms with E-state index < -0.39 is 28.5 Å². The molecule has 0 heterocycles. The van der Waals surface area contributed by atoms with Crippen LogP contribution in [0.25, 0.3) is 0 Å². The van der Waals surface area contributed by atoms with Crippen LogP contribution in [0.1, 0.15) is 31.4 Å². The molecular formula is C35H37Cl2N3O5S. The van der Waals surface area contributed by atoms with Crippen molar-refractivity contribution in [2.45, 2.75) is 50.2 Å². The first-order valence-corrected chi connectivity index (χ1v) is 17.0. The van der Waals surface area contributed by atoms with Gasteiger partial charge in [-0.05, 0) is 73.0 Å². The number of carbonyl (C=O) groups is 2. The Hall–Kier alpha value is -4.05. The molecule has 0 aliphatic carbocycles. The minimum absolute atomic E-state index is 0.0151. The van der Waals surface area contributed by atoms with E-state index in [2.05, 4.69) is 5.32 Å². The zero-order valence-corrected chi connectivity index (χ0v) is 28.2. The Bertz CT molecular complexity index is 1720. The van der Waals surface area contributed by atoms with Crippen molar-refractivity contribution in [1.82, 2.24) is 10.2 Å². The number of ether oxygens (including phenoxy) is 1. The number of halogens is 2. The summed E-state index contributed by atoms with van der Waals surface area (Å²) < 4.78 is 34.5. The first-order chi connectivity index (χ1) is 22.0. The van der Waals surface area contributed by atoms with Crippen molar-refractivity contribution in [3.05, 3.63) is 124 Å². The van der Waals surface area contributed by atoms with E-state index in [1.807, 2.05) is 44.2 Å². The van der Waals surface area contributed by atoms with Crippen LogP contribution < -0.4 is 14.4 Å². The predicted molar refractivity (Wildman–Crippen MR) is 183 cm³/mol. The Morgan fingerprint density at radius 3 is 2.11 bits per heavy atom. The summed E-state index contributed by atoms with van der Waals surface area (Å²) in [6.45, 7) is 3.19. The van der Waals surface area contributed by atoms with Crippen LogP contribution >= 0.6 is 23.2 Å². The van der Waals surface area contributed by atoms with Gasteiger partial charge in [-0.2, -0.15) is 0 Å². The lowest BCUT2D eigenvalue weighted by atomic mass is 10.0. The molecule has 0 aliphatic heterocycles. The van der Waals surface area contributed by atoms with Crippen LogP contribution in [0.4, 0.5) is 5.69 Å². The van der Waals surface area contributed by atoms with Gasteiger partial charge in [0.2, 0.25) is 11.8 Å². The average Bonchev–Trinajstić information content (AvgIpc) is 3.06. The molecule has 0 fully saturated rings. The van der Waals surface area contributed by atoms with E-state index in [1.54, 1.807) is 60.7 Å². The standard InChI is InChI=1S/C35H37Cl2N3O5S/c1-4-25(2)38-35(42)33(21-26-11-7-5-8-12-26)39(23-27-15-16-28(36)22-32(27)37)34(41)24-40(29-17-19-30(45-3)20-18-29)46(43,44)31-13-9-6-10-14-31/h5-20,22,25,33H,4,21,23-24H2,1-3H3,(H,38,42)/t25-,33-/m0/s1. The molecule has 1 N–H and O–H groups in total. The third-order valence-electron chi connectivity index (χ3n) is 7.60. The molecule has 2 amide bonds. The number of hydrogen-bond donors (Lipinski definition) is 1. The normalized spacial score (nSPS) is 12.5. The number of benzene rings is 4. The van der Waals surface area contributed by atoms with E-state index in [0.717, 1.165) is 9.87 Å². The molecule has 0 aromatic heterocycles. The molecule has 11 heteroatoms. The molecule has 0 unspecified atom stereocenters. The van der Waals surface area contributed by atoms with Crippen LogP contribution in [0, 0.1) is 0 Å². The number of rotatable bonds is 14. The number of amides is 2. The van der Waals surface area contributed by atoms with Gasteiger partial charge in [0.1, 0.15) is 18.3 Å². The maximum Gasteiger partial charge on any atom is 0.264 e. The molecule has 0 spiro atoms. The summed E-state index contributed by atoms with van der Waals surface area (Å²) in [6, 6.07) is 27.4. The third kappa shape index (κ3) is 8.81. The lowest BCUT2D eigenvalue weighted by Gasteiger charge is -2.34. The molecule has 0 radical (unpaired) electrons. The van der Waals surface area contributed by atoms with Gasteiger partial charge in [0, 0.05) is 29.1 Å². The second kappa shape index (κ2) is 16.0. The van der Waals surface area contributed by atoms with Crippen molar-refractivity contribution in [2.24, 2.45) is 0 Å². The van der Waals surface area contributed by atoms with Crippen LogP contribution in [0.5, 0.6) is 5.75 Å². The number of methoxy groups -OCH3 is 1. The Balaban J connectivity index is 1.82. The molecular weight excluding hydrogens is 645 g/mol. The molecule has 8 nitrogen and oxygen atoms in total. The highest BCUT2D eigenvalue weighted by atomic mass is 35.5. The number of sulfonamides is 1. The van der Waals surface area contributed by atoms with Crippen LogP contribution in [-0.2, 0) is 32.6 Å². The summed E-state index contributed by atoms with van der Waals surface area (Å²) in [5.74, 6) is -0.434. The number of nitrogens with zero attached hydrogens (tertiary/aromatic N) is 2.